The van der Waals surface area contributed by atoms with Crippen LogP contribution in [0.25, 0.3) is 0 Å². The first-order chi connectivity index (χ1) is 9.46. The van der Waals surface area contributed by atoms with Gasteiger partial charge < -0.3 is 16.2 Å². The molecule has 0 aliphatic heterocycles. The Morgan fingerprint density at radius 3 is 3.05 bits per heavy atom. The van der Waals surface area contributed by atoms with Crippen molar-refractivity contribution in [3.8, 4) is 0 Å². The molecule has 4 N–H and O–H groups in total. The minimum absolute atomic E-state index is 0.0205. The second-order valence-corrected chi connectivity index (χ2v) is 6.84. The van der Waals surface area contributed by atoms with Crippen molar-refractivity contribution in [1.29, 1.82) is 0 Å². The zero-order valence-electron chi connectivity index (χ0n) is 12.1. The van der Waals surface area contributed by atoms with Crippen LogP contribution in [0, 0.1) is 5.92 Å². The molecule has 1 aromatic rings. The highest BCUT2D eigenvalue weighted by atomic mass is 32.1. The van der Waals surface area contributed by atoms with Crippen LogP contribution in [-0.2, 0) is 0 Å². The monoisotopic (exact) mass is 297 g/mol. The third-order valence-corrected chi connectivity index (χ3v) is 4.96. The van der Waals surface area contributed by atoms with Crippen LogP contribution in [0.1, 0.15) is 61.1 Å². The number of hydrogen-bond acceptors (Lipinski definition) is 5. The number of amides is 1. The Hall–Kier alpha value is -0.980. The minimum Gasteiger partial charge on any atom is -0.394 e. The predicted molar refractivity (Wildman–Crippen MR) is 79.6 cm³/mol. The Balaban J connectivity index is 2.08. The van der Waals surface area contributed by atoms with E-state index in [0.29, 0.717) is 11.6 Å². The fourth-order valence-corrected chi connectivity index (χ4v) is 3.62. The van der Waals surface area contributed by atoms with Gasteiger partial charge in [-0.15, -0.1) is 11.3 Å². The second-order valence-electron chi connectivity index (χ2n) is 5.95. The molecule has 6 heteroatoms. The highest BCUT2D eigenvalue weighted by molar-refractivity contribution is 7.09. The van der Waals surface area contributed by atoms with Gasteiger partial charge in [-0.1, -0.05) is 19.8 Å². The first-order valence-corrected chi connectivity index (χ1v) is 7.98. The number of aliphatic hydroxyl groups excluding tert-OH is 1. The van der Waals surface area contributed by atoms with Crippen molar-refractivity contribution in [2.45, 2.75) is 51.1 Å². The fourth-order valence-electron chi connectivity index (χ4n) is 2.86. The summed E-state index contributed by atoms with van der Waals surface area (Å²) in [6.07, 6.45) is 3.83. The van der Waals surface area contributed by atoms with Crippen molar-refractivity contribution >= 4 is 17.2 Å². The van der Waals surface area contributed by atoms with E-state index in [1.807, 2.05) is 6.92 Å². The summed E-state index contributed by atoms with van der Waals surface area (Å²) in [6, 6.07) is -0.164. The van der Waals surface area contributed by atoms with Crippen LogP contribution >= 0.6 is 11.3 Å². The zero-order chi connectivity index (χ0) is 14.8. The average molecular weight is 297 g/mol. The molecular weight excluding hydrogens is 274 g/mol. The lowest BCUT2D eigenvalue weighted by atomic mass is 9.77. The third-order valence-electron chi connectivity index (χ3n) is 3.92. The zero-order valence-corrected chi connectivity index (χ0v) is 12.9. The van der Waals surface area contributed by atoms with Crippen LogP contribution in [0.15, 0.2) is 5.38 Å². The molecule has 0 spiro atoms. The fraction of sp³-hybridized carbons (Fsp3) is 0.714. The van der Waals surface area contributed by atoms with Gasteiger partial charge in [0.1, 0.15) is 10.7 Å². The molecule has 0 aromatic carbocycles. The highest BCUT2D eigenvalue weighted by Crippen LogP contribution is 2.32. The summed E-state index contributed by atoms with van der Waals surface area (Å²) in [5, 5.41) is 15.2. The molecule has 0 radical (unpaired) electrons. The lowest BCUT2D eigenvalue weighted by molar-refractivity contribution is 0.0693. The van der Waals surface area contributed by atoms with E-state index in [2.05, 4.69) is 17.2 Å². The molecule has 1 aromatic heterocycles. The van der Waals surface area contributed by atoms with E-state index in [9.17, 15) is 9.90 Å². The molecule has 112 valence electrons. The molecule has 1 aliphatic carbocycles. The number of nitrogens with one attached hydrogen (secondary N) is 1. The SMILES string of the molecule is CC1CCCC(CO)(NC(=O)c2csc(C(C)N)n2)C1. The number of rotatable bonds is 4. The minimum atomic E-state index is -0.493. The first kappa shape index (κ1) is 15.4. The first-order valence-electron chi connectivity index (χ1n) is 7.10. The number of nitrogens with zero attached hydrogens (tertiary/aromatic N) is 1. The van der Waals surface area contributed by atoms with Gasteiger partial charge in [0.15, 0.2) is 0 Å². The normalized spacial score (nSPS) is 28.1. The van der Waals surface area contributed by atoms with E-state index in [1.54, 1.807) is 5.38 Å². The van der Waals surface area contributed by atoms with Crippen LogP contribution in [0.2, 0.25) is 0 Å². The number of hydrogen-bond donors (Lipinski definition) is 3. The molecule has 1 fully saturated rings. The van der Waals surface area contributed by atoms with Gasteiger partial charge >= 0.3 is 0 Å². The standard InChI is InChI=1S/C14H23N3O2S/c1-9-4-3-5-14(6-9,8-18)17-12(19)11-7-20-13(16-11)10(2)15/h7,9-10,18H,3-6,8,15H2,1-2H3,(H,17,19). The van der Waals surface area contributed by atoms with Gasteiger partial charge in [0, 0.05) is 5.38 Å². The van der Waals surface area contributed by atoms with Gasteiger partial charge in [-0.25, -0.2) is 4.98 Å². The van der Waals surface area contributed by atoms with E-state index >= 15 is 0 Å². The average Bonchev–Trinajstić information content (AvgIpc) is 2.88. The molecule has 3 atom stereocenters. The summed E-state index contributed by atoms with van der Waals surface area (Å²) in [7, 11) is 0. The largest absolute Gasteiger partial charge is 0.394 e. The van der Waals surface area contributed by atoms with Crippen LogP contribution < -0.4 is 11.1 Å². The molecule has 20 heavy (non-hydrogen) atoms. The maximum absolute atomic E-state index is 12.3. The van der Waals surface area contributed by atoms with Crippen molar-refractivity contribution in [3.63, 3.8) is 0 Å². The van der Waals surface area contributed by atoms with Crippen LogP contribution in [0.4, 0.5) is 0 Å². The molecule has 0 saturated heterocycles. The maximum atomic E-state index is 12.3. The molecule has 1 aliphatic rings. The summed E-state index contributed by atoms with van der Waals surface area (Å²) >= 11 is 1.40. The van der Waals surface area contributed by atoms with Gasteiger partial charge in [0.2, 0.25) is 0 Å². The van der Waals surface area contributed by atoms with Gasteiger partial charge in [-0.2, -0.15) is 0 Å². The number of aromatic nitrogens is 1. The third kappa shape index (κ3) is 3.37. The van der Waals surface area contributed by atoms with Crippen molar-refractivity contribution in [2.24, 2.45) is 11.7 Å². The summed E-state index contributed by atoms with van der Waals surface area (Å²) in [4.78, 5) is 16.6. The quantitative estimate of drug-likeness (QED) is 0.791. The number of nitrogens with two attached hydrogens (primary N) is 1. The Bertz CT molecular complexity index is 475. The van der Waals surface area contributed by atoms with E-state index in [-0.39, 0.29) is 18.6 Å². The summed E-state index contributed by atoms with van der Waals surface area (Å²) in [5.74, 6) is 0.308. The van der Waals surface area contributed by atoms with E-state index in [0.717, 1.165) is 30.7 Å². The van der Waals surface area contributed by atoms with Crippen molar-refractivity contribution in [2.75, 3.05) is 6.61 Å². The number of carbonyl (C=O) groups is 1. The van der Waals surface area contributed by atoms with Crippen molar-refractivity contribution in [1.82, 2.24) is 10.3 Å². The van der Waals surface area contributed by atoms with Crippen LogP contribution in [0.5, 0.6) is 0 Å². The van der Waals surface area contributed by atoms with E-state index in [1.165, 1.54) is 11.3 Å². The Labute approximate surface area is 123 Å². The Kier molecular flexibility index (Phi) is 4.78. The molecule has 1 amide bonds. The van der Waals surface area contributed by atoms with Gasteiger partial charge in [-0.3, -0.25) is 4.79 Å². The molecule has 1 heterocycles. The smallest absolute Gasteiger partial charge is 0.271 e. The van der Waals surface area contributed by atoms with Crippen LogP contribution in [0.3, 0.4) is 0 Å². The van der Waals surface area contributed by atoms with Gasteiger partial charge in [-0.05, 0) is 25.7 Å². The lowest BCUT2D eigenvalue weighted by Gasteiger charge is -2.39. The van der Waals surface area contributed by atoms with E-state index < -0.39 is 5.54 Å². The summed E-state index contributed by atoms with van der Waals surface area (Å²) < 4.78 is 0. The topological polar surface area (TPSA) is 88.2 Å². The molecule has 0 bridgehead atoms. The van der Waals surface area contributed by atoms with Crippen molar-refractivity contribution < 1.29 is 9.90 Å². The van der Waals surface area contributed by atoms with E-state index in [4.69, 9.17) is 5.73 Å². The molecule has 3 unspecified atom stereocenters. The lowest BCUT2D eigenvalue weighted by Crippen LogP contribution is -2.53. The Morgan fingerprint density at radius 2 is 2.50 bits per heavy atom. The second kappa shape index (κ2) is 6.20. The number of carbonyl (C=O) groups excluding carboxylic acids is 1. The highest BCUT2D eigenvalue weighted by Gasteiger charge is 2.36. The molecule has 1 saturated carbocycles. The predicted octanol–water partition coefficient (Wildman–Crippen LogP) is 1.83. The number of thiazole rings is 1. The van der Waals surface area contributed by atoms with Crippen LogP contribution in [-0.4, -0.2) is 28.1 Å². The van der Waals surface area contributed by atoms with Gasteiger partial charge in [0.25, 0.3) is 5.91 Å². The maximum Gasteiger partial charge on any atom is 0.271 e. The van der Waals surface area contributed by atoms with Gasteiger partial charge in [0.05, 0.1) is 18.2 Å². The number of aliphatic hydroxyl groups is 1. The van der Waals surface area contributed by atoms with Crippen molar-refractivity contribution in [3.05, 3.63) is 16.1 Å². The molecular formula is C14H23N3O2S. The summed E-state index contributed by atoms with van der Waals surface area (Å²) in [6.45, 7) is 3.98. The molecule has 5 nitrogen and oxygen atoms in total. The molecule has 2 rings (SSSR count). The summed E-state index contributed by atoms with van der Waals surface area (Å²) in [5.41, 5.74) is 5.66. The Morgan fingerprint density at radius 1 is 1.75 bits per heavy atom.